The number of aromatic nitrogens is 4. The first-order valence-corrected chi connectivity index (χ1v) is 28.5. The van der Waals surface area contributed by atoms with E-state index in [0.29, 0.717) is 42.4 Å². The Bertz CT molecular complexity index is 2440. The highest BCUT2D eigenvalue weighted by Crippen LogP contribution is 2.41. The second-order valence-electron chi connectivity index (χ2n) is 24.6. The van der Waals surface area contributed by atoms with E-state index < -0.39 is 127 Å². The van der Waals surface area contributed by atoms with Gasteiger partial charge in [0.25, 0.3) is 0 Å². The third kappa shape index (κ3) is 14.8. The summed E-state index contributed by atoms with van der Waals surface area (Å²) in [5, 5.41) is 61.5. The number of aliphatic hydroxyl groups is 5. The third-order valence-electron chi connectivity index (χ3n) is 17.3. The molecule has 4 fully saturated rings. The van der Waals surface area contributed by atoms with Gasteiger partial charge in [-0.2, -0.15) is 9.97 Å². The van der Waals surface area contributed by atoms with Crippen LogP contribution in [0.2, 0.25) is 0 Å². The van der Waals surface area contributed by atoms with Crippen LogP contribution in [0.3, 0.4) is 0 Å². The summed E-state index contributed by atoms with van der Waals surface area (Å²) in [6.07, 6.45) is -2.06. The van der Waals surface area contributed by atoms with Crippen LogP contribution >= 0.6 is 0 Å². The fourth-order valence-corrected chi connectivity index (χ4v) is 12.2. The number of fused-ring (bicyclic) bond motifs is 1. The number of nitrogens with zero attached hydrogens (tertiary/aromatic N) is 6. The summed E-state index contributed by atoms with van der Waals surface area (Å²) in [7, 11) is 6.94. The maximum Gasteiger partial charge on any atom is 0.311 e. The van der Waals surface area contributed by atoms with Crippen molar-refractivity contribution in [2.45, 2.75) is 222 Å². The largest absolute Gasteiger partial charge is 0.465 e. The van der Waals surface area contributed by atoms with Gasteiger partial charge in [0.15, 0.2) is 41.8 Å². The van der Waals surface area contributed by atoms with Crippen molar-refractivity contribution in [1.82, 2.24) is 29.3 Å². The molecule has 80 heavy (non-hydrogen) atoms. The van der Waals surface area contributed by atoms with Gasteiger partial charge in [-0.1, -0.05) is 26.0 Å². The number of allylic oxidation sites excluding steroid dienone is 1. The minimum absolute atomic E-state index is 0.0299. The summed E-state index contributed by atoms with van der Waals surface area (Å²) in [6, 6.07) is -0.877. The zero-order chi connectivity index (χ0) is 58.8. The number of imidazole rings is 1. The molecule has 2 aliphatic carbocycles. The molecule has 24 heteroatoms. The van der Waals surface area contributed by atoms with E-state index in [0.717, 1.165) is 12.8 Å². The number of ether oxygens (including phenoxy) is 8. The van der Waals surface area contributed by atoms with Crippen LogP contribution in [0.25, 0.3) is 11.2 Å². The Morgan fingerprint density at radius 1 is 0.938 bits per heavy atom. The number of anilines is 2. The Morgan fingerprint density at radius 3 is 2.30 bits per heavy atom. The van der Waals surface area contributed by atoms with Gasteiger partial charge in [-0.25, -0.2) is 4.98 Å². The third-order valence-corrected chi connectivity index (χ3v) is 17.3. The lowest BCUT2D eigenvalue weighted by Crippen LogP contribution is -2.61. The first-order valence-electron chi connectivity index (χ1n) is 28.5. The lowest BCUT2D eigenvalue weighted by atomic mass is 9.77. The number of methoxy groups -OCH3 is 1. The van der Waals surface area contributed by atoms with Gasteiger partial charge in [0.2, 0.25) is 5.95 Å². The molecule has 5 aliphatic rings. The number of likely N-dealkylation sites (N-methyl/N-ethyl adjacent to an activating group) is 2. The number of hydrogen-bond donors (Lipinski definition) is 7. The highest BCUT2D eigenvalue weighted by Gasteiger charge is 2.53. The van der Waals surface area contributed by atoms with E-state index in [4.69, 9.17) is 43.6 Å². The Hall–Kier alpha value is -4.18. The van der Waals surface area contributed by atoms with Gasteiger partial charge in [0.05, 0.1) is 73.2 Å². The molecule has 0 amide bonds. The summed E-state index contributed by atoms with van der Waals surface area (Å²) >= 11 is 0. The van der Waals surface area contributed by atoms with E-state index in [1.165, 1.54) is 14.0 Å². The van der Waals surface area contributed by atoms with Crippen molar-refractivity contribution in [2.24, 2.45) is 23.7 Å². The van der Waals surface area contributed by atoms with Crippen LogP contribution in [0.5, 0.6) is 0 Å². The molecule has 24 nitrogen and oxygen atoms in total. The standard InChI is InChI=1S/C56H92N8O16/c1-29-23-54(7,71)48(31(3)44(79-42-24-55(8,73-13)47(69)34(6)76-42)32(4)51(70)77-39(26-65)56(9,72)46(68)33(5)63(12)25-29)80-52-45(38(62(10)11)21-30(2)75-52)78-41(67)16-14-15-40(66)74-27-35-17-20-37(22-35)64-28-58-43-49(59-36-18-19-36)60-53(57)61-50(43)64/h17,20,28-39,42,44-48,52,65,68-69,71-72H,14-16,18-19,21-27H2,1-13H3,(H3,57,59,60,61)/t29-,30-,31+,32-,33-,34+,35+,37-,38+,39-,42+,44+,45-,46-,47+,48-,52+,54-,55-,56-/m1/s1. The zero-order valence-electron chi connectivity index (χ0n) is 49.1. The Morgan fingerprint density at radius 2 is 1.64 bits per heavy atom. The number of carbonyl (C=O) groups excluding carboxylic acids is 3. The summed E-state index contributed by atoms with van der Waals surface area (Å²) in [5.41, 5.74) is 2.37. The van der Waals surface area contributed by atoms with Gasteiger partial charge >= 0.3 is 17.9 Å². The molecule has 3 aliphatic heterocycles. The molecule has 0 aromatic carbocycles. The molecule has 7 rings (SSSR count). The second kappa shape index (κ2) is 26.2. The Labute approximate surface area is 470 Å². The quantitative estimate of drug-likeness (QED) is 0.0680. The van der Waals surface area contributed by atoms with Crippen LogP contribution in [0.1, 0.15) is 126 Å². The van der Waals surface area contributed by atoms with Crippen molar-refractivity contribution in [3.05, 3.63) is 18.5 Å². The summed E-state index contributed by atoms with van der Waals surface area (Å²) in [4.78, 5) is 58.8. The molecule has 0 spiro atoms. The van der Waals surface area contributed by atoms with Gasteiger partial charge in [-0.3, -0.25) is 14.4 Å². The molecule has 5 heterocycles. The predicted octanol–water partition coefficient (Wildman–Crippen LogP) is 2.86. The van der Waals surface area contributed by atoms with E-state index >= 15 is 0 Å². The number of aliphatic hydroxyl groups excluding tert-OH is 3. The van der Waals surface area contributed by atoms with Crippen LogP contribution in [0, 0.1) is 23.7 Å². The lowest BCUT2D eigenvalue weighted by Gasteiger charge is -2.49. The molecular weight excluding hydrogens is 1040 g/mol. The number of esters is 3. The second-order valence-corrected chi connectivity index (χ2v) is 24.6. The molecule has 2 aromatic rings. The first kappa shape index (κ1) is 63.4. The lowest BCUT2D eigenvalue weighted by molar-refractivity contribution is -0.319. The van der Waals surface area contributed by atoms with Gasteiger partial charge in [-0.05, 0) is 114 Å². The van der Waals surface area contributed by atoms with Crippen LogP contribution < -0.4 is 11.1 Å². The number of cyclic esters (lactones) is 1. The van der Waals surface area contributed by atoms with Crippen LogP contribution in [0.15, 0.2) is 18.5 Å². The Kier molecular flexibility index (Phi) is 20.7. The summed E-state index contributed by atoms with van der Waals surface area (Å²) in [5.74, 6) is -3.70. The minimum Gasteiger partial charge on any atom is -0.465 e. The number of nitrogens with two attached hydrogens (primary N) is 1. The number of carbonyl (C=O) groups is 3. The molecule has 1 saturated carbocycles. The maximum atomic E-state index is 14.5. The highest BCUT2D eigenvalue weighted by molar-refractivity contribution is 5.84. The van der Waals surface area contributed by atoms with Gasteiger partial charge in [0, 0.05) is 56.8 Å². The van der Waals surface area contributed by atoms with Gasteiger partial charge in [0.1, 0.15) is 17.8 Å². The topological polar surface area (TPSA) is 314 Å². The smallest absolute Gasteiger partial charge is 0.311 e. The molecule has 0 radical (unpaired) electrons. The van der Waals surface area contributed by atoms with Crippen molar-refractivity contribution in [3.8, 4) is 0 Å². The maximum absolute atomic E-state index is 14.5. The molecule has 2 aromatic heterocycles. The summed E-state index contributed by atoms with van der Waals surface area (Å²) in [6.45, 7) is 14.8. The van der Waals surface area contributed by atoms with Crippen molar-refractivity contribution in [3.63, 3.8) is 0 Å². The van der Waals surface area contributed by atoms with Gasteiger partial charge in [-0.15, -0.1) is 0 Å². The van der Waals surface area contributed by atoms with Crippen molar-refractivity contribution in [2.75, 3.05) is 59.1 Å². The van der Waals surface area contributed by atoms with E-state index in [1.807, 2.05) is 54.5 Å². The Balaban J connectivity index is 1.07. The van der Waals surface area contributed by atoms with Crippen LogP contribution in [-0.4, -0.2) is 217 Å². The molecule has 3 saturated heterocycles. The van der Waals surface area contributed by atoms with E-state index in [1.54, 1.807) is 54.9 Å². The fourth-order valence-electron chi connectivity index (χ4n) is 12.2. The van der Waals surface area contributed by atoms with Crippen LogP contribution in [-0.2, 0) is 52.3 Å². The average Bonchev–Trinajstić information content (AvgIpc) is 4.04. The average molecular weight is 1130 g/mol. The minimum atomic E-state index is -2.12. The fraction of sp³-hybridized carbons (Fsp3) is 0.821. The van der Waals surface area contributed by atoms with Crippen molar-refractivity contribution < 1.29 is 77.8 Å². The number of nitrogen functional groups attached to an aromatic ring is 1. The molecular formula is C56H92N8O16. The molecule has 0 unspecified atom stereocenters. The monoisotopic (exact) mass is 1130 g/mol. The molecule has 20 atom stereocenters. The van der Waals surface area contributed by atoms with E-state index in [-0.39, 0.29) is 62.5 Å². The summed E-state index contributed by atoms with van der Waals surface area (Å²) < 4.78 is 52.2. The van der Waals surface area contributed by atoms with Gasteiger partial charge < -0.3 is 88.8 Å². The SMILES string of the molecule is CO[C@]1(C)C[C@H](O[C@H]2[C@H](C)[C@@H](O[C@@H]3O[C@H](C)C[C@H](N(C)C)[C@H]3OC(=O)CCCC(=O)OC[C@H]3C=C[C@@H](n4cnc5c(NC6CC6)nc(N)nc54)C3)[C@](C)(O)C[C@@H](C)CN(C)[C@H](C)[C@@H](O)[C@](C)(O)[C@@H](CO)OC(=O)[C@@H]2C)O[C@@H](C)[C@@H]1O. The number of nitrogens with one attached hydrogen (secondary N) is 1. The van der Waals surface area contributed by atoms with Crippen molar-refractivity contribution >= 4 is 40.8 Å². The molecule has 8 N–H and O–H groups in total. The van der Waals surface area contributed by atoms with E-state index in [9.17, 15) is 39.9 Å². The van der Waals surface area contributed by atoms with E-state index in [2.05, 4.69) is 20.3 Å². The first-order chi connectivity index (χ1) is 37.6. The predicted molar refractivity (Wildman–Crippen MR) is 292 cm³/mol. The van der Waals surface area contributed by atoms with Crippen LogP contribution in [0.4, 0.5) is 11.8 Å². The number of rotatable bonds is 17. The molecule has 0 bridgehead atoms. The zero-order valence-corrected chi connectivity index (χ0v) is 49.1. The number of hydrogen-bond acceptors (Lipinski definition) is 23. The highest BCUT2D eigenvalue weighted by atomic mass is 16.7. The van der Waals surface area contributed by atoms with Crippen molar-refractivity contribution in [1.29, 1.82) is 0 Å². The normalized spacial score (nSPS) is 39.8. The molecule has 452 valence electrons.